The van der Waals surface area contributed by atoms with Crippen molar-refractivity contribution in [1.29, 1.82) is 0 Å². The van der Waals surface area contributed by atoms with Gasteiger partial charge in [-0.15, -0.1) is 0 Å². The zero-order valence-corrected chi connectivity index (χ0v) is 8.94. The minimum atomic E-state index is -3.68. The quantitative estimate of drug-likeness (QED) is 0.738. The third-order valence-electron chi connectivity index (χ3n) is 1.62. The van der Waals surface area contributed by atoms with E-state index in [0.717, 1.165) is 5.41 Å². The highest BCUT2D eigenvalue weighted by Gasteiger charge is 1.99. The summed E-state index contributed by atoms with van der Waals surface area (Å²) in [7, 11) is 1.27. The van der Waals surface area contributed by atoms with Crippen molar-refractivity contribution in [2.45, 2.75) is 6.92 Å². The second-order valence-corrected chi connectivity index (χ2v) is 5.30. The van der Waals surface area contributed by atoms with Gasteiger partial charge in [-0.25, -0.2) is 12.8 Å². The van der Waals surface area contributed by atoms with Gasteiger partial charge in [0.2, 0.25) is 0 Å². The molecule has 0 unspecified atom stereocenters. The van der Waals surface area contributed by atoms with Gasteiger partial charge in [0.05, 0.1) is 0 Å². The molecule has 1 rings (SSSR count). The third-order valence-corrected chi connectivity index (χ3v) is 2.39. The standard InChI is InChI=1S/C9H8ClFO2S/c1-7-2-3-8(6-9(7)11)4-5-14(10,12)13/h2-6H,1H3. The Morgan fingerprint density at radius 2 is 2.07 bits per heavy atom. The van der Waals surface area contributed by atoms with E-state index < -0.39 is 9.05 Å². The van der Waals surface area contributed by atoms with E-state index in [0.29, 0.717) is 11.1 Å². The summed E-state index contributed by atoms with van der Waals surface area (Å²) < 4.78 is 34.1. The lowest BCUT2D eigenvalue weighted by Gasteiger charge is -1.96. The molecule has 0 bridgehead atoms. The van der Waals surface area contributed by atoms with Gasteiger partial charge in [0.25, 0.3) is 9.05 Å². The summed E-state index contributed by atoms with van der Waals surface area (Å²) in [6.07, 6.45) is 1.24. The molecule has 76 valence electrons. The van der Waals surface area contributed by atoms with E-state index in [1.807, 2.05) is 0 Å². The Labute approximate surface area is 86.4 Å². The second kappa shape index (κ2) is 4.11. The van der Waals surface area contributed by atoms with Crippen molar-refractivity contribution in [3.05, 3.63) is 40.6 Å². The van der Waals surface area contributed by atoms with Crippen molar-refractivity contribution in [2.24, 2.45) is 0 Å². The molecule has 0 heterocycles. The van der Waals surface area contributed by atoms with Crippen LogP contribution in [0.4, 0.5) is 4.39 Å². The van der Waals surface area contributed by atoms with Gasteiger partial charge in [0.1, 0.15) is 5.82 Å². The van der Waals surface area contributed by atoms with Crippen LogP contribution >= 0.6 is 10.7 Å². The van der Waals surface area contributed by atoms with E-state index in [-0.39, 0.29) is 5.82 Å². The minimum Gasteiger partial charge on any atom is -0.208 e. The van der Waals surface area contributed by atoms with E-state index in [9.17, 15) is 12.8 Å². The maximum atomic E-state index is 13.0. The lowest BCUT2D eigenvalue weighted by Crippen LogP contribution is -1.84. The number of halogens is 2. The molecule has 0 atom stereocenters. The van der Waals surface area contributed by atoms with Gasteiger partial charge in [-0.3, -0.25) is 0 Å². The second-order valence-electron chi connectivity index (χ2n) is 2.79. The summed E-state index contributed by atoms with van der Waals surface area (Å²) in [6.45, 7) is 1.63. The molecule has 1 aromatic carbocycles. The normalized spacial score (nSPS) is 12.2. The van der Waals surface area contributed by atoms with E-state index in [1.165, 1.54) is 12.1 Å². The van der Waals surface area contributed by atoms with Crippen LogP contribution in [0.5, 0.6) is 0 Å². The lowest BCUT2D eigenvalue weighted by atomic mass is 10.1. The summed E-state index contributed by atoms with van der Waals surface area (Å²) in [5, 5.41) is 0.818. The number of hydrogen-bond acceptors (Lipinski definition) is 2. The first kappa shape index (κ1) is 11.2. The Balaban J connectivity index is 3.00. The summed E-state index contributed by atoms with van der Waals surface area (Å²) in [5.74, 6) is -0.376. The molecule has 0 N–H and O–H groups in total. The van der Waals surface area contributed by atoms with Crippen LogP contribution in [-0.2, 0) is 9.05 Å². The number of aryl methyl sites for hydroxylation is 1. The van der Waals surface area contributed by atoms with Crippen LogP contribution in [0.3, 0.4) is 0 Å². The summed E-state index contributed by atoms with van der Waals surface area (Å²) in [4.78, 5) is 0. The maximum Gasteiger partial charge on any atom is 0.254 e. The van der Waals surface area contributed by atoms with Gasteiger partial charge in [0.15, 0.2) is 0 Å². The van der Waals surface area contributed by atoms with Crippen molar-refractivity contribution >= 4 is 25.8 Å². The zero-order chi connectivity index (χ0) is 10.8. The summed E-state index contributed by atoms with van der Waals surface area (Å²) >= 11 is 0. The molecule has 2 nitrogen and oxygen atoms in total. The molecule has 1 aromatic rings. The molecule has 0 radical (unpaired) electrons. The Kier molecular flexibility index (Phi) is 3.29. The molecule has 0 aliphatic heterocycles. The third kappa shape index (κ3) is 3.47. The fourth-order valence-electron chi connectivity index (χ4n) is 0.873. The van der Waals surface area contributed by atoms with Crippen molar-refractivity contribution in [1.82, 2.24) is 0 Å². The Morgan fingerprint density at radius 3 is 2.57 bits per heavy atom. The molecule has 5 heteroatoms. The van der Waals surface area contributed by atoms with Crippen molar-refractivity contribution in [2.75, 3.05) is 0 Å². The van der Waals surface area contributed by atoms with E-state index in [4.69, 9.17) is 10.7 Å². The number of rotatable bonds is 2. The van der Waals surface area contributed by atoms with Crippen LogP contribution in [-0.4, -0.2) is 8.42 Å². The highest BCUT2D eigenvalue weighted by Crippen LogP contribution is 2.11. The van der Waals surface area contributed by atoms with E-state index in [1.54, 1.807) is 19.1 Å². The minimum absolute atomic E-state index is 0.376. The van der Waals surface area contributed by atoms with E-state index in [2.05, 4.69) is 0 Å². The number of hydrogen-bond donors (Lipinski definition) is 0. The molecule has 0 saturated carbocycles. The largest absolute Gasteiger partial charge is 0.254 e. The topological polar surface area (TPSA) is 34.1 Å². The highest BCUT2D eigenvalue weighted by atomic mass is 35.7. The van der Waals surface area contributed by atoms with Gasteiger partial charge in [0, 0.05) is 16.1 Å². The van der Waals surface area contributed by atoms with Crippen LogP contribution < -0.4 is 0 Å². The molecule has 0 aliphatic rings. The predicted molar refractivity (Wildman–Crippen MR) is 54.9 cm³/mol. The average Bonchev–Trinajstić information content (AvgIpc) is 2.06. The van der Waals surface area contributed by atoms with Crippen molar-refractivity contribution in [3.63, 3.8) is 0 Å². The molecule has 14 heavy (non-hydrogen) atoms. The number of benzene rings is 1. The van der Waals surface area contributed by atoms with Crippen LogP contribution in [0.2, 0.25) is 0 Å². The highest BCUT2D eigenvalue weighted by molar-refractivity contribution is 8.16. The summed E-state index contributed by atoms with van der Waals surface area (Å²) in [5.41, 5.74) is 0.966. The van der Waals surface area contributed by atoms with Gasteiger partial charge in [-0.05, 0) is 30.2 Å². The van der Waals surface area contributed by atoms with Gasteiger partial charge >= 0.3 is 0 Å². The van der Waals surface area contributed by atoms with E-state index >= 15 is 0 Å². The molecule has 0 aliphatic carbocycles. The van der Waals surface area contributed by atoms with Crippen LogP contribution in [0.25, 0.3) is 6.08 Å². The fraction of sp³-hybridized carbons (Fsp3) is 0.111. The molecule has 0 aromatic heterocycles. The Hall–Kier alpha value is -0.870. The summed E-state index contributed by atoms with van der Waals surface area (Å²) in [6, 6.07) is 4.42. The van der Waals surface area contributed by atoms with Crippen LogP contribution in [0.1, 0.15) is 11.1 Å². The molecular formula is C9H8ClFO2S. The zero-order valence-electron chi connectivity index (χ0n) is 7.37. The first-order chi connectivity index (χ1) is 6.38. The average molecular weight is 235 g/mol. The first-order valence-corrected chi connectivity index (χ1v) is 6.14. The van der Waals surface area contributed by atoms with Crippen LogP contribution in [0.15, 0.2) is 23.6 Å². The first-order valence-electron chi connectivity index (χ1n) is 3.77. The Bertz CT molecular complexity index is 466. The maximum absolute atomic E-state index is 13.0. The fourth-order valence-corrected chi connectivity index (χ4v) is 1.35. The van der Waals surface area contributed by atoms with Crippen molar-refractivity contribution in [3.8, 4) is 0 Å². The van der Waals surface area contributed by atoms with Gasteiger partial charge in [-0.2, -0.15) is 0 Å². The monoisotopic (exact) mass is 234 g/mol. The van der Waals surface area contributed by atoms with Crippen LogP contribution in [0, 0.1) is 12.7 Å². The molecule has 0 spiro atoms. The molecular weight excluding hydrogens is 227 g/mol. The van der Waals surface area contributed by atoms with Gasteiger partial charge in [-0.1, -0.05) is 12.1 Å². The lowest BCUT2D eigenvalue weighted by molar-refractivity contribution is 0.616. The molecule has 0 fully saturated rings. The molecule has 0 amide bonds. The molecule has 0 saturated heterocycles. The Morgan fingerprint density at radius 1 is 1.43 bits per heavy atom. The predicted octanol–water partition coefficient (Wildman–Crippen LogP) is 2.67. The smallest absolute Gasteiger partial charge is 0.208 e. The SMILES string of the molecule is Cc1ccc(C=CS(=O)(=O)Cl)cc1F. The van der Waals surface area contributed by atoms with Crippen molar-refractivity contribution < 1.29 is 12.8 Å². The van der Waals surface area contributed by atoms with Gasteiger partial charge < -0.3 is 0 Å².